The normalized spacial score (nSPS) is 16.5. The molecule has 0 bridgehead atoms. The van der Waals surface area contributed by atoms with Gasteiger partial charge in [-0.15, -0.1) is 0 Å². The molecule has 6 aromatic rings. The summed E-state index contributed by atoms with van der Waals surface area (Å²) >= 11 is 5.86. The fourth-order valence-corrected chi connectivity index (χ4v) is 6.74. The summed E-state index contributed by atoms with van der Waals surface area (Å²) in [5.74, 6) is 0.112. The molecule has 1 atom stereocenters. The van der Waals surface area contributed by atoms with Gasteiger partial charge in [0.05, 0.1) is 53.2 Å². The number of carbonyl (C=O) groups excluding carboxylic acids is 1. The number of alkyl halides is 3. The molecule has 0 saturated carbocycles. The standard InChI is InChI=1S/C38H32ClF4N7O3/c39-26-5-4-23(30(40)16-26)21-53-35-3-1-2-31(47-35)22-8-11-49(12-9-22)20-34-46-32-17-27(6-7-33(32)50(34)19-28-10-13-52-28)45-37(51)24-14-25-18-44-48-36(25)29(15-24)38(41,42)43/h1-8,14-18,28H,9-13,19-21H2,(H,44,48)(H,45,51)/t28-/m0/s1. The molecule has 3 aromatic heterocycles. The predicted octanol–water partition coefficient (Wildman–Crippen LogP) is 8.03. The van der Waals surface area contributed by atoms with Gasteiger partial charge in [-0.05, 0) is 66.9 Å². The Kier molecular flexibility index (Phi) is 9.35. The van der Waals surface area contributed by atoms with Crippen LogP contribution in [0, 0.1) is 5.82 Å². The molecule has 15 heteroatoms. The number of benzene rings is 3. The number of fused-ring (bicyclic) bond motifs is 2. The quantitative estimate of drug-likeness (QED) is 0.137. The minimum atomic E-state index is -4.67. The molecule has 5 heterocycles. The summed E-state index contributed by atoms with van der Waals surface area (Å²) < 4.78 is 69.1. The Bertz CT molecular complexity index is 2370. The van der Waals surface area contributed by atoms with Crippen LogP contribution in [0.25, 0.3) is 27.5 Å². The van der Waals surface area contributed by atoms with Crippen molar-refractivity contribution in [1.29, 1.82) is 0 Å². The van der Waals surface area contributed by atoms with Gasteiger partial charge in [-0.25, -0.2) is 14.4 Å². The maximum Gasteiger partial charge on any atom is 0.418 e. The van der Waals surface area contributed by atoms with Gasteiger partial charge in [0, 0.05) is 53.0 Å². The van der Waals surface area contributed by atoms with Crippen LogP contribution in [0.3, 0.4) is 0 Å². The van der Waals surface area contributed by atoms with Crippen LogP contribution in [-0.4, -0.2) is 61.3 Å². The maximum atomic E-state index is 14.2. The van der Waals surface area contributed by atoms with E-state index in [0.717, 1.165) is 48.1 Å². The number of nitrogens with one attached hydrogen (secondary N) is 2. The maximum absolute atomic E-state index is 14.2. The van der Waals surface area contributed by atoms with Crippen LogP contribution >= 0.6 is 11.6 Å². The smallest absolute Gasteiger partial charge is 0.418 e. The molecule has 2 N–H and O–H groups in total. The van der Waals surface area contributed by atoms with E-state index in [1.807, 2.05) is 18.2 Å². The first kappa shape index (κ1) is 34.8. The Morgan fingerprint density at radius 1 is 1.09 bits per heavy atom. The highest BCUT2D eigenvalue weighted by molar-refractivity contribution is 6.30. The summed E-state index contributed by atoms with van der Waals surface area (Å²) in [5, 5.41) is 9.32. The number of imidazole rings is 1. The Morgan fingerprint density at radius 3 is 2.72 bits per heavy atom. The Morgan fingerprint density at radius 2 is 1.96 bits per heavy atom. The van der Waals surface area contributed by atoms with Gasteiger partial charge in [-0.2, -0.15) is 18.3 Å². The molecule has 2 aliphatic heterocycles. The number of nitrogens with zero attached hydrogens (tertiary/aromatic N) is 5. The number of rotatable bonds is 10. The van der Waals surface area contributed by atoms with Crippen LogP contribution in [0.2, 0.25) is 5.02 Å². The third kappa shape index (κ3) is 7.48. The van der Waals surface area contributed by atoms with E-state index in [2.05, 4.69) is 36.0 Å². The second-order valence-electron chi connectivity index (χ2n) is 13.0. The largest absolute Gasteiger partial charge is 0.473 e. The number of halogens is 5. The van der Waals surface area contributed by atoms with Crippen molar-refractivity contribution in [2.45, 2.75) is 44.8 Å². The number of aromatic nitrogens is 5. The van der Waals surface area contributed by atoms with E-state index in [4.69, 9.17) is 26.1 Å². The Labute approximate surface area is 305 Å². The van der Waals surface area contributed by atoms with Crippen molar-refractivity contribution in [3.63, 3.8) is 0 Å². The van der Waals surface area contributed by atoms with Gasteiger partial charge in [0.2, 0.25) is 5.88 Å². The molecule has 53 heavy (non-hydrogen) atoms. The fourth-order valence-electron chi connectivity index (χ4n) is 6.58. The molecule has 0 aliphatic carbocycles. The zero-order chi connectivity index (χ0) is 36.7. The summed E-state index contributed by atoms with van der Waals surface area (Å²) in [6, 6.07) is 17.5. The lowest BCUT2D eigenvalue weighted by Gasteiger charge is -2.29. The highest BCUT2D eigenvalue weighted by atomic mass is 35.5. The van der Waals surface area contributed by atoms with E-state index in [-0.39, 0.29) is 29.2 Å². The summed E-state index contributed by atoms with van der Waals surface area (Å²) in [6.45, 7) is 3.32. The minimum Gasteiger partial charge on any atom is -0.473 e. The van der Waals surface area contributed by atoms with Crippen LogP contribution in [0.5, 0.6) is 5.88 Å². The molecule has 0 radical (unpaired) electrons. The second kappa shape index (κ2) is 14.3. The van der Waals surface area contributed by atoms with Crippen LogP contribution in [0.15, 0.2) is 79.0 Å². The van der Waals surface area contributed by atoms with Crippen molar-refractivity contribution in [3.05, 3.63) is 118 Å². The van der Waals surface area contributed by atoms with Gasteiger partial charge in [0.25, 0.3) is 5.91 Å². The lowest BCUT2D eigenvalue weighted by molar-refractivity contribution is -0.136. The molecular formula is C38H32ClF4N7O3. The summed E-state index contributed by atoms with van der Waals surface area (Å²) in [7, 11) is 0. The number of anilines is 1. The fraction of sp³-hybridized carbons (Fsp3) is 0.263. The SMILES string of the molecule is O=C(Nc1ccc2c(c1)nc(CN1CC=C(c3cccc(OCc4ccc(Cl)cc4F)n3)CC1)n2C[C@@H]1CCO1)c1cc(C(F)(F)F)c2[nH]ncc2c1. The lowest BCUT2D eigenvalue weighted by atomic mass is 10.0. The molecule has 3 aromatic carbocycles. The first-order valence-electron chi connectivity index (χ1n) is 17.0. The number of amides is 1. The van der Waals surface area contributed by atoms with Crippen molar-refractivity contribution in [2.24, 2.45) is 0 Å². The molecule has 272 valence electrons. The molecular weight excluding hydrogens is 714 g/mol. The minimum absolute atomic E-state index is 0.0259. The van der Waals surface area contributed by atoms with Crippen molar-refractivity contribution in [3.8, 4) is 5.88 Å². The number of hydrogen-bond donors (Lipinski definition) is 2. The average molecular weight is 746 g/mol. The topological polar surface area (TPSA) is 110 Å². The number of aromatic amines is 1. The van der Waals surface area contributed by atoms with Gasteiger partial charge < -0.3 is 19.4 Å². The van der Waals surface area contributed by atoms with Crippen LogP contribution in [0.4, 0.5) is 23.2 Å². The van der Waals surface area contributed by atoms with Crippen molar-refractivity contribution >= 4 is 50.7 Å². The second-order valence-corrected chi connectivity index (χ2v) is 13.5. The zero-order valence-corrected chi connectivity index (χ0v) is 28.8. The Hall–Kier alpha value is -5.31. The predicted molar refractivity (Wildman–Crippen MR) is 191 cm³/mol. The van der Waals surface area contributed by atoms with E-state index in [1.54, 1.807) is 30.3 Å². The van der Waals surface area contributed by atoms with Crippen LogP contribution < -0.4 is 10.1 Å². The molecule has 1 saturated heterocycles. The zero-order valence-electron chi connectivity index (χ0n) is 28.1. The van der Waals surface area contributed by atoms with E-state index in [1.165, 1.54) is 18.3 Å². The van der Waals surface area contributed by atoms with Gasteiger partial charge >= 0.3 is 6.18 Å². The first-order valence-corrected chi connectivity index (χ1v) is 17.4. The highest BCUT2D eigenvalue weighted by Gasteiger charge is 2.34. The molecule has 1 amide bonds. The van der Waals surface area contributed by atoms with Crippen molar-refractivity contribution in [1.82, 2.24) is 29.6 Å². The van der Waals surface area contributed by atoms with Crippen molar-refractivity contribution in [2.75, 3.05) is 25.0 Å². The van der Waals surface area contributed by atoms with Crippen LogP contribution in [0.1, 0.15) is 45.8 Å². The van der Waals surface area contributed by atoms with Gasteiger partial charge in [0.15, 0.2) is 0 Å². The number of hydrogen-bond acceptors (Lipinski definition) is 7. The first-order chi connectivity index (χ1) is 25.6. The number of pyridine rings is 1. The summed E-state index contributed by atoms with van der Waals surface area (Å²) in [4.78, 5) is 25.1. The monoisotopic (exact) mass is 745 g/mol. The summed E-state index contributed by atoms with van der Waals surface area (Å²) in [6.07, 6.45) is 0.466. The third-order valence-electron chi connectivity index (χ3n) is 9.48. The van der Waals surface area contributed by atoms with Gasteiger partial charge in [-0.3, -0.25) is 14.8 Å². The van der Waals surface area contributed by atoms with E-state index < -0.39 is 23.5 Å². The van der Waals surface area contributed by atoms with Crippen LogP contribution in [-0.2, 0) is 30.6 Å². The average Bonchev–Trinajstić information content (AvgIpc) is 3.73. The molecule has 1 fully saturated rings. The number of ether oxygens (including phenoxy) is 2. The lowest BCUT2D eigenvalue weighted by Crippen LogP contribution is -2.33. The number of carbonyl (C=O) groups is 1. The molecule has 0 spiro atoms. The molecule has 2 aliphatic rings. The van der Waals surface area contributed by atoms with E-state index in [9.17, 15) is 22.4 Å². The van der Waals surface area contributed by atoms with Gasteiger partial charge in [-0.1, -0.05) is 29.8 Å². The molecule has 0 unspecified atom stereocenters. The van der Waals surface area contributed by atoms with E-state index >= 15 is 0 Å². The number of H-pyrrole nitrogens is 1. The Balaban J connectivity index is 0.974. The molecule has 8 rings (SSSR count). The molecule has 10 nitrogen and oxygen atoms in total. The van der Waals surface area contributed by atoms with E-state index in [0.29, 0.717) is 53.9 Å². The highest BCUT2D eigenvalue weighted by Crippen LogP contribution is 2.35. The van der Waals surface area contributed by atoms with Gasteiger partial charge in [0.1, 0.15) is 18.2 Å². The van der Waals surface area contributed by atoms with Crippen molar-refractivity contribution < 1.29 is 31.8 Å². The third-order valence-corrected chi connectivity index (χ3v) is 9.72. The summed E-state index contributed by atoms with van der Waals surface area (Å²) in [5.41, 5.74) is 2.89.